The Hall–Kier alpha value is -0.100. The van der Waals surface area contributed by atoms with Gasteiger partial charge in [0.2, 0.25) is 0 Å². The van der Waals surface area contributed by atoms with Crippen molar-refractivity contribution in [3.63, 3.8) is 0 Å². The number of benzene rings is 1. The van der Waals surface area contributed by atoms with Crippen molar-refractivity contribution in [2.45, 2.75) is 19.4 Å². The Kier molecular flexibility index (Phi) is 2.51. The van der Waals surface area contributed by atoms with E-state index in [4.69, 9.17) is 4.99 Å². The van der Waals surface area contributed by atoms with Gasteiger partial charge in [0.1, 0.15) is 5.84 Å². The molecule has 0 amide bonds. The van der Waals surface area contributed by atoms with Crippen LogP contribution in [0.1, 0.15) is 18.4 Å². The summed E-state index contributed by atoms with van der Waals surface area (Å²) in [6.45, 7) is 2.18. The smallest absolute Gasteiger partial charge is 0.105 e. The number of aliphatic imine (C=N–C) groups is 1. The van der Waals surface area contributed by atoms with Gasteiger partial charge in [0.25, 0.3) is 0 Å². The van der Waals surface area contributed by atoms with Crippen LogP contribution in [0.3, 0.4) is 0 Å². The van der Waals surface area contributed by atoms with E-state index in [1.807, 2.05) is 0 Å². The number of hydrogen-bond acceptors (Lipinski definition) is 2. The van der Waals surface area contributed by atoms with Crippen molar-refractivity contribution in [2.75, 3.05) is 6.54 Å². The fraction of sp³-hybridized carbons (Fsp3) is 0.364. The first-order valence-corrected chi connectivity index (χ1v) is 6.91. The number of rotatable bonds is 0. The van der Waals surface area contributed by atoms with Gasteiger partial charge in [-0.1, -0.05) is 15.9 Å². The van der Waals surface area contributed by atoms with Crippen LogP contribution in [-0.4, -0.2) is 17.3 Å². The number of halogens is 2. The van der Waals surface area contributed by atoms with Crippen molar-refractivity contribution < 1.29 is 0 Å². The first-order chi connectivity index (χ1) is 7.24. The third kappa shape index (κ3) is 1.71. The SMILES string of the molecule is Brc1cc(I)cc2c1CN1CCCC1=N2. The summed E-state index contributed by atoms with van der Waals surface area (Å²) in [5.41, 5.74) is 2.49. The van der Waals surface area contributed by atoms with Crippen LogP contribution in [0.15, 0.2) is 21.6 Å². The maximum Gasteiger partial charge on any atom is 0.105 e. The van der Waals surface area contributed by atoms with Gasteiger partial charge in [0.15, 0.2) is 0 Å². The van der Waals surface area contributed by atoms with Gasteiger partial charge in [0.05, 0.1) is 5.69 Å². The largest absolute Gasteiger partial charge is 0.356 e. The number of hydrogen-bond donors (Lipinski definition) is 0. The normalized spacial score (nSPS) is 18.5. The van der Waals surface area contributed by atoms with Crippen molar-refractivity contribution in [2.24, 2.45) is 4.99 Å². The Morgan fingerprint density at radius 2 is 2.27 bits per heavy atom. The molecule has 0 spiro atoms. The van der Waals surface area contributed by atoms with Gasteiger partial charge < -0.3 is 4.90 Å². The second-order valence-electron chi connectivity index (χ2n) is 3.94. The van der Waals surface area contributed by atoms with Crippen molar-refractivity contribution in [1.82, 2.24) is 4.90 Å². The maximum absolute atomic E-state index is 4.74. The molecule has 0 aromatic heterocycles. The molecule has 78 valence electrons. The van der Waals surface area contributed by atoms with Gasteiger partial charge in [-0.05, 0) is 41.1 Å². The summed E-state index contributed by atoms with van der Waals surface area (Å²) in [7, 11) is 0. The predicted octanol–water partition coefficient (Wildman–Crippen LogP) is 3.69. The van der Waals surface area contributed by atoms with Gasteiger partial charge in [0, 0.05) is 33.1 Å². The van der Waals surface area contributed by atoms with E-state index in [-0.39, 0.29) is 0 Å². The van der Waals surface area contributed by atoms with Gasteiger partial charge in [-0.3, -0.25) is 0 Å². The first-order valence-electron chi connectivity index (χ1n) is 5.04. The molecule has 1 aromatic carbocycles. The molecule has 0 radical (unpaired) electrons. The fourth-order valence-corrected chi connectivity index (χ4v) is 3.80. The van der Waals surface area contributed by atoms with Crippen molar-refractivity contribution in [1.29, 1.82) is 0 Å². The van der Waals surface area contributed by atoms with Gasteiger partial charge >= 0.3 is 0 Å². The minimum absolute atomic E-state index is 1.02. The molecular weight excluding hydrogens is 367 g/mol. The van der Waals surface area contributed by atoms with Gasteiger partial charge in [-0.25, -0.2) is 4.99 Å². The molecule has 1 aromatic rings. The van der Waals surface area contributed by atoms with Crippen molar-refractivity contribution in [3.05, 3.63) is 25.7 Å². The minimum Gasteiger partial charge on any atom is -0.356 e. The van der Waals surface area contributed by atoms with E-state index in [0.29, 0.717) is 0 Å². The average Bonchev–Trinajstić information content (AvgIpc) is 2.61. The Morgan fingerprint density at radius 3 is 3.13 bits per heavy atom. The molecule has 0 atom stereocenters. The zero-order valence-electron chi connectivity index (χ0n) is 8.13. The summed E-state index contributed by atoms with van der Waals surface area (Å²) >= 11 is 5.97. The number of amidine groups is 1. The minimum atomic E-state index is 1.02. The Morgan fingerprint density at radius 1 is 1.40 bits per heavy atom. The monoisotopic (exact) mass is 376 g/mol. The molecule has 4 heteroatoms. The van der Waals surface area contributed by atoms with Gasteiger partial charge in [-0.2, -0.15) is 0 Å². The van der Waals surface area contributed by atoms with E-state index in [9.17, 15) is 0 Å². The van der Waals surface area contributed by atoms with Crippen LogP contribution in [0, 0.1) is 3.57 Å². The number of nitrogens with zero attached hydrogens (tertiary/aromatic N) is 2. The molecule has 2 aliphatic rings. The second kappa shape index (κ2) is 3.73. The molecule has 0 unspecified atom stereocenters. The van der Waals surface area contributed by atoms with E-state index in [2.05, 4.69) is 55.6 Å². The molecule has 3 rings (SSSR count). The summed E-state index contributed by atoms with van der Waals surface area (Å²) in [5, 5.41) is 0. The van der Waals surface area contributed by atoms with E-state index in [0.717, 1.165) is 25.2 Å². The topological polar surface area (TPSA) is 15.6 Å². The first kappa shape index (κ1) is 10.1. The van der Waals surface area contributed by atoms with Crippen molar-refractivity contribution in [3.8, 4) is 0 Å². The molecule has 2 nitrogen and oxygen atoms in total. The molecule has 2 heterocycles. The zero-order valence-corrected chi connectivity index (χ0v) is 11.9. The molecule has 0 N–H and O–H groups in total. The van der Waals surface area contributed by atoms with Crippen LogP contribution in [0.2, 0.25) is 0 Å². The highest BCUT2D eigenvalue weighted by atomic mass is 127. The van der Waals surface area contributed by atoms with Crippen LogP contribution in [0.4, 0.5) is 5.69 Å². The van der Waals surface area contributed by atoms with E-state index in [1.54, 1.807) is 0 Å². The highest BCUT2D eigenvalue weighted by Gasteiger charge is 2.25. The molecule has 0 bridgehead atoms. The second-order valence-corrected chi connectivity index (χ2v) is 6.04. The highest BCUT2D eigenvalue weighted by molar-refractivity contribution is 14.1. The Labute approximate surface area is 111 Å². The summed E-state index contributed by atoms with van der Waals surface area (Å²) in [5.74, 6) is 1.27. The Balaban J connectivity index is 2.15. The molecule has 0 saturated carbocycles. The molecule has 0 aliphatic carbocycles. The number of fused-ring (bicyclic) bond motifs is 2. The quantitative estimate of drug-likeness (QED) is 0.630. The predicted molar refractivity (Wildman–Crippen MR) is 73.6 cm³/mol. The van der Waals surface area contributed by atoms with Crippen LogP contribution < -0.4 is 0 Å². The lowest BCUT2D eigenvalue weighted by atomic mass is 10.1. The van der Waals surface area contributed by atoms with Crippen LogP contribution >= 0.6 is 38.5 Å². The molecule has 1 saturated heterocycles. The zero-order chi connectivity index (χ0) is 10.4. The lowest BCUT2D eigenvalue weighted by molar-refractivity contribution is 0.442. The highest BCUT2D eigenvalue weighted by Crippen LogP contribution is 2.36. The van der Waals surface area contributed by atoms with Gasteiger partial charge in [-0.15, -0.1) is 0 Å². The molecule has 15 heavy (non-hydrogen) atoms. The van der Waals surface area contributed by atoms with E-state index >= 15 is 0 Å². The lowest BCUT2D eigenvalue weighted by Crippen LogP contribution is -2.27. The lowest BCUT2D eigenvalue weighted by Gasteiger charge is -2.25. The standard InChI is InChI=1S/C11H10BrIN2/c12-9-4-7(13)5-10-8(9)6-15-3-1-2-11(15)14-10/h4-5H,1-3,6H2. The van der Waals surface area contributed by atoms with E-state index < -0.39 is 0 Å². The van der Waals surface area contributed by atoms with Crippen LogP contribution in [-0.2, 0) is 6.54 Å². The van der Waals surface area contributed by atoms with Crippen molar-refractivity contribution >= 4 is 50.0 Å². The Bertz CT molecular complexity index is 456. The molecule has 1 fully saturated rings. The summed E-state index contributed by atoms with van der Waals surface area (Å²) < 4.78 is 2.44. The van der Waals surface area contributed by atoms with E-state index in [1.165, 1.54) is 25.9 Å². The summed E-state index contributed by atoms with van der Waals surface area (Å²) in [4.78, 5) is 7.13. The summed E-state index contributed by atoms with van der Waals surface area (Å²) in [6, 6.07) is 4.33. The average molecular weight is 377 g/mol. The maximum atomic E-state index is 4.74. The third-order valence-electron chi connectivity index (χ3n) is 2.93. The molecular formula is C11H10BrIN2. The summed E-state index contributed by atoms with van der Waals surface area (Å²) in [6.07, 6.45) is 2.39. The fourth-order valence-electron chi connectivity index (χ4n) is 2.19. The van der Waals surface area contributed by atoms with Crippen LogP contribution in [0.25, 0.3) is 0 Å². The third-order valence-corrected chi connectivity index (χ3v) is 4.26. The van der Waals surface area contributed by atoms with Crippen LogP contribution in [0.5, 0.6) is 0 Å². The molecule has 2 aliphatic heterocycles.